The number of anilines is 1. The number of nitrogens with zero attached hydrogens (tertiary/aromatic N) is 1. The first kappa shape index (κ1) is 19.9. The van der Waals surface area contributed by atoms with Gasteiger partial charge < -0.3 is 14.8 Å². The first-order valence-electron chi connectivity index (χ1n) is 8.47. The maximum Gasteiger partial charge on any atom is 0.338 e. The molecule has 6 nitrogen and oxygen atoms in total. The summed E-state index contributed by atoms with van der Waals surface area (Å²) >= 11 is 0. The van der Waals surface area contributed by atoms with Crippen LogP contribution < -0.4 is 5.32 Å². The van der Waals surface area contributed by atoms with Crippen molar-refractivity contribution in [2.75, 3.05) is 25.1 Å². The largest absolute Gasteiger partial charge is 0.460 e. The van der Waals surface area contributed by atoms with E-state index in [-0.39, 0.29) is 12.2 Å². The third-order valence-electron chi connectivity index (χ3n) is 3.52. The minimum absolute atomic E-state index is 0.0133. The highest BCUT2D eigenvalue weighted by Gasteiger charge is 2.11. The first-order chi connectivity index (χ1) is 13.1. The highest BCUT2D eigenvalue weighted by Crippen LogP contribution is 2.13. The van der Waals surface area contributed by atoms with Crippen molar-refractivity contribution in [2.24, 2.45) is 0 Å². The van der Waals surface area contributed by atoms with Gasteiger partial charge in [-0.25, -0.2) is 4.79 Å². The number of hydrogen-bond donors (Lipinski definition) is 1. The quantitative estimate of drug-likeness (QED) is 0.335. The van der Waals surface area contributed by atoms with Gasteiger partial charge in [0.15, 0.2) is 0 Å². The van der Waals surface area contributed by atoms with Crippen molar-refractivity contribution in [3.8, 4) is 6.07 Å². The predicted molar refractivity (Wildman–Crippen MR) is 102 cm³/mol. The molecule has 0 fully saturated rings. The Kier molecular flexibility index (Phi) is 7.76. The van der Waals surface area contributed by atoms with Crippen molar-refractivity contribution in [3.05, 3.63) is 71.3 Å². The Balaban J connectivity index is 1.97. The van der Waals surface area contributed by atoms with Crippen LogP contribution in [0, 0.1) is 11.3 Å². The Morgan fingerprint density at radius 3 is 2.41 bits per heavy atom. The molecular weight excluding hydrogens is 344 g/mol. The molecule has 1 N–H and O–H groups in total. The Hall–Kier alpha value is -3.43. The summed E-state index contributed by atoms with van der Waals surface area (Å²) in [6, 6.07) is 17.3. The smallest absolute Gasteiger partial charge is 0.338 e. The summed E-state index contributed by atoms with van der Waals surface area (Å²) in [7, 11) is 0. The van der Waals surface area contributed by atoms with Gasteiger partial charge in [0.25, 0.3) is 5.91 Å². The van der Waals surface area contributed by atoms with Gasteiger partial charge in [0.2, 0.25) is 0 Å². The van der Waals surface area contributed by atoms with Crippen LogP contribution in [0.25, 0.3) is 6.08 Å². The van der Waals surface area contributed by atoms with E-state index >= 15 is 0 Å². The summed E-state index contributed by atoms with van der Waals surface area (Å²) in [5, 5.41) is 11.9. The SMILES string of the molecule is CCOCCOC(=O)c1ccc(NC(=O)/C(C#N)=C/c2ccccc2)cc1. The first-order valence-corrected chi connectivity index (χ1v) is 8.47. The molecule has 2 aromatic rings. The lowest BCUT2D eigenvalue weighted by Gasteiger charge is -2.07. The van der Waals surface area contributed by atoms with Crippen molar-refractivity contribution in [1.29, 1.82) is 5.26 Å². The van der Waals surface area contributed by atoms with Crippen molar-refractivity contribution < 1.29 is 19.1 Å². The number of benzene rings is 2. The summed E-state index contributed by atoms with van der Waals surface area (Å²) in [6.45, 7) is 2.96. The molecule has 0 bridgehead atoms. The van der Waals surface area contributed by atoms with Crippen molar-refractivity contribution in [3.63, 3.8) is 0 Å². The minimum atomic E-state index is -0.520. The summed E-state index contributed by atoms with van der Waals surface area (Å²) in [5.74, 6) is -0.984. The summed E-state index contributed by atoms with van der Waals surface area (Å²) in [5.41, 5.74) is 1.58. The Bertz CT molecular complexity index is 837. The molecule has 0 aliphatic heterocycles. The number of amides is 1. The van der Waals surface area contributed by atoms with E-state index in [4.69, 9.17) is 9.47 Å². The zero-order chi connectivity index (χ0) is 19.5. The number of ether oxygens (including phenoxy) is 2. The molecule has 0 atom stereocenters. The molecule has 0 aromatic heterocycles. The second-order valence-electron chi connectivity index (χ2n) is 5.44. The van der Waals surface area contributed by atoms with Crippen LogP contribution in [0.1, 0.15) is 22.8 Å². The lowest BCUT2D eigenvalue weighted by Crippen LogP contribution is -2.14. The van der Waals surface area contributed by atoms with Gasteiger partial charge in [0, 0.05) is 12.3 Å². The molecule has 2 aromatic carbocycles. The molecule has 1 amide bonds. The highest BCUT2D eigenvalue weighted by atomic mass is 16.6. The summed E-state index contributed by atoms with van der Waals surface area (Å²) in [4.78, 5) is 24.1. The summed E-state index contributed by atoms with van der Waals surface area (Å²) in [6.07, 6.45) is 1.51. The molecule has 0 aliphatic rings. The second kappa shape index (κ2) is 10.5. The van der Waals surface area contributed by atoms with Gasteiger partial charge in [0.05, 0.1) is 12.2 Å². The molecule has 0 unspecified atom stereocenters. The Labute approximate surface area is 158 Å². The molecule has 6 heteroatoms. The number of carbonyl (C=O) groups is 2. The van der Waals surface area contributed by atoms with Gasteiger partial charge in [-0.1, -0.05) is 30.3 Å². The van der Waals surface area contributed by atoms with E-state index in [1.54, 1.807) is 36.4 Å². The number of hydrogen-bond acceptors (Lipinski definition) is 5. The van der Waals surface area contributed by atoms with Crippen LogP contribution in [-0.2, 0) is 14.3 Å². The fourth-order valence-corrected chi connectivity index (χ4v) is 2.17. The van der Waals surface area contributed by atoms with Gasteiger partial charge in [-0.2, -0.15) is 5.26 Å². The van der Waals surface area contributed by atoms with Gasteiger partial charge in [-0.15, -0.1) is 0 Å². The second-order valence-corrected chi connectivity index (χ2v) is 5.44. The zero-order valence-corrected chi connectivity index (χ0v) is 15.0. The van der Waals surface area contributed by atoms with E-state index in [1.807, 2.05) is 31.2 Å². The van der Waals surface area contributed by atoms with Crippen LogP contribution in [0.4, 0.5) is 5.69 Å². The third kappa shape index (κ3) is 6.42. The van der Waals surface area contributed by atoms with Crippen LogP contribution in [0.15, 0.2) is 60.2 Å². The molecule has 2 rings (SSSR count). The average molecular weight is 364 g/mol. The molecule has 138 valence electrons. The molecule has 0 spiro atoms. The Morgan fingerprint density at radius 2 is 1.78 bits per heavy atom. The number of carbonyl (C=O) groups excluding carboxylic acids is 2. The van der Waals surface area contributed by atoms with Crippen LogP contribution in [0.2, 0.25) is 0 Å². The molecule has 0 saturated carbocycles. The van der Waals surface area contributed by atoms with E-state index < -0.39 is 11.9 Å². The van der Waals surface area contributed by atoms with Crippen LogP contribution >= 0.6 is 0 Å². The average Bonchev–Trinajstić information content (AvgIpc) is 2.70. The van der Waals surface area contributed by atoms with Gasteiger partial charge >= 0.3 is 5.97 Å². The molecule has 27 heavy (non-hydrogen) atoms. The van der Waals surface area contributed by atoms with Crippen molar-refractivity contribution >= 4 is 23.6 Å². The highest BCUT2D eigenvalue weighted by molar-refractivity contribution is 6.09. The van der Waals surface area contributed by atoms with Gasteiger partial charge in [0.1, 0.15) is 18.2 Å². The van der Waals surface area contributed by atoms with Crippen molar-refractivity contribution in [1.82, 2.24) is 0 Å². The number of nitriles is 1. The molecule has 0 aliphatic carbocycles. The van der Waals surface area contributed by atoms with Gasteiger partial charge in [-0.05, 0) is 42.8 Å². The van der Waals surface area contributed by atoms with Crippen LogP contribution in [0.5, 0.6) is 0 Å². The Morgan fingerprint density at radius 1 is 1.07 bits per heavy atom. The van der Waals surface area contributed by atoms with E-state index in [1.165, 1.54) is 6.08 Å². The van der Waals surface area contributed by atoms with E-state index in [9.17, 15) is 14.9 Å². The molecular formula is C21H20N2O4. The van der Waals surface area contributed by atoms with E-state index in [0.717, 1.165) is 5.56 Å². The van der Waals surface area contributed by atoms with Crippen LogP contribution in [0.3, 0.4) is 0 Å². The van der Waals surface area contributed by atoms with Gasteiger partial charge in [-0.3, -0.25) is 4.79 Å². The fourth-order valence-electron chi connectivity index (χ4n) is 2.17. The number of rotatable bonds is 8. The predicted octanol–water partition coefficient (Wildman–Crippen LogP) is 3.43. The van der Waals surface area contributed by atoms with Crippen LogP contribution in [-0.4, -0.2) is 31.7 Å². The number of esters is 1. The monoisotopic (exact) mass is 364 g/mol. The minimum Gasteiger partial charge on any atom is -0.460 e. The lowest BCUT2D eigenvalue weighted by molar-refractivity contribution is -0.112. The molecule has 0 saturated heterocycles. The fraction of sp³-hybridized carbons (Fsp3) is 0.190. The topological polar surface area (TPSA) is 88.4 Å². The molecule has 0 heterocycles. The summed E-state index contributed by atoms with van der Waals surface area (Å²) < 4.78 is 10.2. The maximum absolute atomic E-state index is 12.3. The lowest BCUT2D eigenvalue weighted by atomic mass is 10.1. The normalized spacial score (nSPS) is 10.7. The zero-order valence-electron chi connectivity index (χ0n) is 15.0. The van der Waals surface area contributed by atoms with Crippen molar-refractivity contribution in [2.45, 2.75) is 6.92 Å². The standard InChI is InChI=1S/C21H20N2O4/c1-2-26-12-13-27-21(25)17-8-10-19(11-9-17)23-20(24)18(15-22)14-16-6-4-3-5-7-16/h3-11,14H,2,12-13H2,1H3,(H,23,24)/b18-14+. The number of nitrogens with one attached hydrogen (secondary N) is 1. The molecule has 0 radical (unpaired) electrons. The third-order valence-corrected chi connectivity index (χ3v) is 3.52. The van der Waals surface area contributed by atoms with E-state index in [0.29, 0.717) is 24.5 Å². The van der Waals surface area contributed by atoms with E-state index in [2.05, 4.69) is 5.32 Å². The maximum atomic E-state index is 12.3.